The standard InChI is InChI=1S/C54H51NOS/c1-53(2)43-28-26-40-38-14-9-11-17-48(38)57-52(40)49(43)41-25-23-36(31-45(41)53)55(34-20-18-33(19-21-34)32-12-6-5-7-13-32)35-22-24-37-39-27-29-47-50(42-15-8-10-16-46(42)56-47)51(39)54(3,4)44(37)30-35/h5-6,9-12,14,16-18,20,22-30,36,38-39,48,51H,7-8,13,15,19,21,31H2,1-4H3. The van der Waals surface area contributed by atoms with Crippen molar-refractivity contribution in [3.05, 3.63) is 182 Å². The predicted molar refractivity (Wildman–Crippen MR) is 239 cm³/mol. The minimum absolute atomic E-state index is 0.0258. The quantitative estimate of drug-likeness (QED) is 0.263. The van der Waals surface area contributed by atoms with Gasteiger partial charge in [0, 0.05) is 55.8 Å². The third kappa shape index (κ3) is 4.91. The summed E-state index contributed by atoms with van der Waals surface area (Å²) in [7, 11) is 0. The summed E-state index contributed by atoms with van der Waals surface area (Å²) in [5.74, 6) is 3.39. The molecule has 0 amide bonds. The molecule has 2 heterocycles. The van der Waals surface area contributed by atoms with E-state index >= 15 is 0 Å². The van der Waals surface area contributed by atoms with Crippen LogP contribution < -0.4 is 4.90 Å². The van der Waals surface area contributed by atoms with Gasteiger partial charge in [0.05, 0.1) is 6.04 Å². The van der Waals surface area contributed by atoms with E-state index in [0.29, 0.717) is 23.0 Å². The maximum atomic E-state index is 6.50. The molecule has 0 saturated carbocycles. The van der Waals surface area contributed by atoms with Crippen LogP contribution in [-0.2, 0) is 17.3 Å². The van der Waals surface area contributed by atoms with E-state index in [-0.39, 0.29) is 16.9 Å². The Kier molecular flexibility index (Phi) is 7.46. The Hall–Kier alpha value is -4.73. The molecule has 0 spiro atoms. The van der Waals surface area contributed by atoms with Gasteiger partial charge in [0.1, 0.15) is 11.5 Å². The van der Waals surface area contributed by atoms with Gasteiger partial charge in [-0.1, -0.05) is 119 Å². The number of hydrogen-bond donors (Lipinski definition) is 0. The summed E-state index contributed by atoms with van der Waals surface area (Å²) >= 11 is 2.09. The van der Waals surface area contributed by atoms with E-state index in [1.807, 2.05) is 0 Å². The van der Waals surface area contributed by atoms with Gasteiger partial charge in [-0.3, -0.25) is 0 Å². The Morgan fingerprint density at radius 2 is 1.58 bits per heavy atom. The zero-order valence-corrected chi connectivity index (χ0v) is 34.5. The largest absolute Gasteiger partial charge is 0.457 e. The van der Waals surface area contributed by atoms with Gasteiger partial charge in [0.2, 0.25) is 0 Å². The van der Waals surface area contributed by atoms with Gasteiger partial charge in [0.15, 0.2) is 0 Å². The summed E-state index contributed by atoms with van der Waals surface area (Å²) in [6, 6.07) is 12.7. The van der Waals surface area contributed by atoms with Crippen molar-refractivity contribution in [3.8, 4) is 0 Å². The fourth-order valence-electron chi connectivity index (χ4n) is 12.4. The monoisotopic (exact) mass is 761 g/mol. The second-order valence-electron chi connectivity index (χ2n) is 18.8. The third-order valence-electron chi connectivity index (χ3n) is 15.2. The Bertz CT molecular complexity index is 2620. The molecule has 3 heteroatoms. The second-order valence-corrected chi connectivity index (χ2v) is 20.0. The number of anilines is 1. The Morgan fingerprint density at radius 1 is 0.719 bits per heavy atom. The average Bonchev–Trinajstić information content (AvgIpc) is 3.94. The molecule has 5 atom stereocenters. The van der Waals surface area contributed by atoms with Gasteiger partial charge in [-0.05, 0) is 131 Å². The average molecular weight is 762 g/mol. The van der Waals surface area contributed by atoms with Crippen molar-refractivity contribution in [2.75, 3.05) is 4.90 Å². The van der Waals surface area contributed by atoms with E-state index in [2.05, 4.69) is 166 Å². The number of furan rings is 1. The first kappa shape index (κ1) is 34.3. The summed E-state index contributed by atoms with van der Waals surface area (Å²) < 4.78 is 6.50. The zero-order chi connectivity index (χ0) is 38.2. The lowest BCUT2D eigenvalue weighted by atomic mass is 9.69. The van der Waals surface area contributed by atoms with Crippen molar-refractivity contribution in [2.24, 2.45) is 0 Å². The molecule has 12 rings (SSSR count). The SMILES string of the molecule is CC1(C)C2=C(C=CC(N(C3=CC=C(C4=CC=CCC4)CC3)c3ccc4c(c3)C(C)(C)C3c5c(oc6c5CCC=C6)C=CC43)C2)c2c1ccc1c2SC2C=CC=CC12. The van der Waals surface area contributed by atoms with Crippen LogP contribution in [0.3, 0.4) is 0 Å². The lowest BCUT2D eigenvalue weighted by molar-refractivity contribution is 0.415. The van der Waals surface area contributed by atoms with Crippen LogP contribution in [0.5, 0.6) is 0 Å². The molecule has 0 saturated heterocycles. The van der Waals surface area contributed by atoms with Gasteiger partial charge in [0.25, 0.3) is 0 Å². The molecule has 1 aliphatic heterocycles. The molecule has 1 aromatic heterocycles. The van der Waals surface area contributed by atoms with Crippen LogP contribution in [-0.4, -0.2) is 11.3 Å². The van der Waals surface area contributed by atoms with Crippen molar-refractivity contribution in [1.29, 1.82) is 0 Å². The molecule has 0 radical (unpaired) electrons. The molecule has 8 aliphatic carbocycles. The van der Waals surface area contributed by atoms with E-state index in [9.17, 15) is 0 Å². The van der Waals surface area contributed by atoms with Crippen molar-refractivity contribution < 1.29 is 4.42 Å². The topological polar surface area (TPSA) is 16.4 Å². The van der Waals surface area contributed by atoms with Crippen molar-refractivity contribution >= 4 is 35.2 Å². The molecule has 0 bridgehead atoms. The smallest absolute Gasteiger partial charge is 0.131 e. The fourth-order valence-corrected chi connectivity index (χ4v) is 13.9. The van der Waals surface area contributed by atoms with Crippen LogP contribution in [0.4, 0.5) is 5.69 Å². The highest BCUT2D eigenvalue weighted by Crippen LogP contribution is 2.62. The molecule has 2 aromatic carbocycles. The molecule has 9 aliphatic rings. The Labute approximate surface area is 342 Å². The van der Waals surface area contributed by atoms with Crippen molar-refractivity contribution in [3.63, 3.8) is 0 Å². The summed E-state index contributed by atoms with van der Waals surface area (Å²) in [6.07, 6.45) is 43.0. The molecule has 284 valence electrons. The summed E-state index contributed by atoms with van der Waals surface area (Å²) in [4.78, 5) is 4.26. The van der Waals surface area contributed by atoms with E-state index in [1.165, 1.54) is 71.9 Å². The Balaban J connectivity index is 0.951. The normalized spacial score (nSPS) is 28.4. The molecule has 0 N–H and O–H groups in total. The highest BCUT2D eigenvalue weighted by Gasteiger charge is 2.51. The minimum atomic E-state index is -0.0399. The van der Waals surface area contributed by atoms with Crippen LogP contribution >= 0.6 is 11.8 Å². The summed E-state index contributed by atoms with van der Waals surface area (Å²) in [5, 5.41) is 0.502. The third-order valence-corrected chi connectivity index (χ3v) is 16.6. The van der Waals surface area contributed by atoms with Crippen LogP contribution in [0.15, 0.2) is 141 Å². The molecule has 2 nitrogen and oxygen atoms in total. The van der Waals surface area contributed by atoms with E-state index in [1.54, 1.807) is 5.57 Å². The van der Waals surface area contributed by atoms with E-state index in [0.717, 1.165) is 56.5 Å². The summed E-state index contributed by atoms with van der Waals surface area (Å²) in [6.45, 7) is 9.98. The number of fused-ring (bicyclic) bond motifs is 13. The van der Waals surface area contributed by atoms with Crippen LogP contribution in [0.2, 0.25) is 0 Å². The fraction of sp³-hybridized carbons (Fsp3) is 0.333. The lowest BCUT2D eigenvalue weighted by Crippen LogP contribution is -2.37. The zero-order valence-electron chi connectivity index (χ0n) is 33.6. The molecule has 0 fully saturated rings. The first-order chi connectivity index (χ1) is 27.8. The first-order valence-corrected chi connectivity index (χ1v) is 22.5. The van der Waals surface area contributed by atoms with Crippen LogP contribution in [0, 0.1) is 0 Å². The maximum absolute atomic E-state index is 6.50. The minimum Gasteiger partial charge on any atom is -0.457 e. The number of allylic oxidation sites excluding steroid dienone is 15. The molecular weight excluding hydrogens is 711 g/mol. The maximum Gasteiger partial charge on any atom is 0.131 e. The van der Waals surface area contributed by atoms with E-state index < -0.39 is 0 Å². The molecule has 5 unspecified atom stereocenters. The van der Waals surface area contributed by atoms with Crippen LogP contribution in [0.25, 0.3) is 17.7 Å². The summed E-state index contributed by atoms with van der Waals surface area (Å²) in [5.41, 5.74) is 19.2. The van der Waals surface area contributed by atoms with Crippen molar-refractivity contribution in [2.45, 2.75) is 117 Å². The molecular formula is C54H51NOS. The predicted octanol–water partition coefficient (Wildman–Crippen LogP) is 13.9. The second kappa shape index (κ2) is 12.4. The van der Waals surface area contributed by atoms with Gasteiger partial charge in [-0.25, -0.2) is 0 Å². The number of hydrogen-bond acceptors (Lipinski definition) is 3. The van der Waals surface area contributed by atoms with Crippen molar-refractivity contribution in [1.82, 2.24) is 0 Å². The van der Waals surface area contributed by atoms with Gasteiger partial charge in [-0.2, -0.15) is 0 Å². The van der Waals surface area contributed by atoms with Gasteiger partial charge in [-0.15, -0.1) is 11.8 Å². The Morgan fingerprint density at radius 3 is 2.44 bits per heavy atom. The number of thioether (sulfide) groups is 1. The first-order valence-electron chi connectivity index (χ1n) is 21.6. The highest BCUT2D eigenvalue weighted by atomic mass is 32.2. The van der Waals surface area contributed by atoms with E-state index in [4.69, 9.17) is 4.42 Å². The van der Waals surface area contributed by atoms with Gasteiger partial charge >= 0.3 is 0 Å². The number of benzene rings is 2. The number of rotatable bonds is 4. The molecule has 57 heavy (non-hydrogen) atoms. The van der Waals surface area contributed by atoms with Crippen LogP contribution in [0.1, 0.15) is 134 Å². The molecule has 3 aromatic rings. The van der Waals surface area contributed by atoms with Gasteiger partial charge < -0.3 is 9.32 Å². The number of nitrogens with zero attached hydrogens (tertiary/aromatic N) is 1. The highest BCUT2D eigenvalue weighted by molar-refractivity contribution is 8.00. The lowest BCUT2D eigenvalue weighted by Gasteiger charge is -2.39.